The van der Waals surface area contributed by atoms with Crippen molar-refractivity contribution in [1.82, 2.24) is 15.2 Å². The molecule has 112 valence electrons. The maximum absolute atomic E-state index is 15.0. The van der Waals surface area contributed by atoms with Gasteiger partial charge in [0.2, 0.25) is 0 Å². The van der Waals surface area contributed by atoms with Gasteiger partial charge >= 0.3 is 0 Å². The highest BCUT2D eigenvalue weighted by Gasteiger charge is 2.17. The van der Waals surface area contributed by atoms with Gasteiger partial charge in [-0.2, -0.15) is 5.10 Å². The molecule has 3 nitrogen and oxygen atoms in total. The van der Waals surface area contributed by atoms with Gasteiger partial charge in [0.25, 0.3) is 0 Å². The first kappa shape index (κ1) is 13.6. The average Bonchev–Trinajstić information content (AvgIpc) is 3.02. The standard InChI is InChI=1S/C19H14FN3/c1-12-11-16(23-22-12)19-15-10-6-5-9-14(15)17(20)18(21-19)13-7-3-2-4-8-13/h2-11H,1H3,(H,22,23). The Morgan fingerprint density at radius 1 is 0.870 bits per heavy atom. The molecule has 0 amide bonds. The van der Waals surface area contributed by atoms with Crippen LogP contribution < -0.4 is 0 Å². The summed E-state index contributed by atoms with van der Waals surface area (Å²) in [6.07, 6.45) is 0. The Bertz CT molecular complexity index is 990. The van der Waals surface area contributed by atoms with E-state index in [1.807, 2.05) is 61.5 Å². The van der Waals surface area contributed by atoms with E-state index >= 15 is 0 Å². The van der Waals surface area contributed by atoms with Crippen LogP contribution in [0.1, 0.15) is 5.69 Å². The number of nitrogens with zero attached hydrogens (tertiary/aromatic N) is 2. The number of aryl methyl sites for hydroxylation is 1. The minimum Gasteiger partial charge on any atom is -0.282 e. The van der Waals surface area contributed by atoms with Crippen molar-refractivity contribution in [3.63, 3.8) is 0 Å². The first-order valence-corrected chi connectivity index (χ1v) is 7.40. The molecule has 0 atom stereocenters. The van der Waals surface area contributed by atoms with Gasteiger partial charge < -0.3 is 0 Å². The van der Waals surface area contributed by atoms with E-state index in [0.717, 1.165) is 22.3 Å². The van der Waals surface area contributed by atoms with Gasteiger partial charge in [-0.1, -0.05) is 54.6 Å². The molecule has 0 saturated heterocycles. The van der Waals surface area contributed by atoms with Crippen LogP contribution in [0.4, 0.5) is 4.39 Å². The summed E-state index contributed by atoms with van der Waals surface area (Å²) in [5.74, 6) is -0.303. The van der Waals surface area contributed by atoms with Gasteiger partial charge in [0, 0.05) is 22.0 Å². The molecule has 0 fully saturated rings. The molecule has 0 bridgehead atoms. The van der Waals surface area contributed by atoms with Crippen molar-refractivity contribution in [3.8, 4) is 22.6 Å². The van der Waals surface area contributed by atoms with Crippen molar-refractivity contribution in [2.75, 3.05) is 0 Å². The van der Waals surface area contributed by atoms with E-state index in [4.69, 9.17) is 0 Å². The van der Waals surface area contributed by atoms with E-state index in [1.165, 1.54) is 0 Å². The molecule has 0 aliphatic rings. The Morgan fingerprint density at radius 3 is 2.26 bits per heavy atom. The first-order chi connectivity index (χ1) is 11.2. The van der Waals surface area contributed by atoms with Crippen LogP contribution in [-0.4, -0.2) is 15.2 Å². The number of H-pyrrole nitrogens is 1. The maximum Gasteiger partial charge on any atom is 0.157 e. The largest absolute Gasteiger partial charge is 0.282 e. The molecule has 2 heterocycles. The number of aromatic nitrogens is 3. The highest BCUT2D eigenvalue weighted by atomic mass is 19.1. The van der Waals surface area contributed by atoms with E-state index in [9.17, 15) is 4.39 Å². The number of pyridine rings is 1. The molecule has 0 aliphatic carbocycles. The fourth-order valence-electron chi connectivity index (χ4n) is 2.75. The molecule has 0 radical (unpaired) electrons. The lowest BCUT2D eigenvalue weighted by molar-refractivity contribution is 0.638. The number of aromatic amines is 1. The van der Waals surface area contributed by atoms with Crippen molar-refractivity contribution in [2.24, 2.45) is 0 Å². The third-order valence-electron chi connectivity index (χ3n) is 3.85. The van der Waals surface area contributed by atoms with Crippen LogP contribution in [-0.2, 0) is 0 Å². The van der Waals surface area contributed by atoms with E-state index in [0.29, 0.717) is 16.8 Å². The van der Waals surface area contributed by atoms with Crippen LogP contribution >= 0.6 is 0 Å². The zero-order valence-corrected chi connectivity index (χ0v) is 12.5. The lowest BCUT2D eigenvalue weighted by Crippen LogP contribution is -1.96. The van der Waals surface area contributed by atoms with Crippen molar-refractivity contribution in [3.05, 3.63) is 72.2 Å². The molecule has 0 spiro atoms. The third-order valence-corrected chi connectivity index (χ3v) is 3.85. The first-order valence-electron chi connectivity index (χ1n) is 7.40. The lowest BCUT2D eigenvalue weighted by atomic mass is 10.0. The summed E-state index contributed by atoms with van der Waals surface area (Å²) in [5.41, 5.74) is 3.45. The van der Waals surface area contributed by atoms with Crippen LogP contribution in [0, 0.1) is 12.7 Å². The SMILES string of the molecule is Cc1cc(-c2nc(-c3ccccc3)c(F)c3ccccc23)n[nH]1. The molecule has 23 heavy (non-hydrogen) atoms. The van der Waals surface area contributed by atoms with Crippen LogP contribution in [0.15, 0.2) is 60.7 Å². The Balaban J connectivity index is 2.08. The normalized spacial score (nSPS) is 11.0. The van der Waals surface area contributed by atoms with Crippen molar-refractivity contribution in [2.45, 2.75) is 6.92 Å². The van der Waals surface area contributed by atoms with Gasteiger partial charge in [0.15, 0.2) is 5.82 Å². The van der Waals surface area contributed by atoms with E-state index in [2.05, 4.69) is 15.2 Å². The summed E-state index contributed by atoms with van der Waals surface area (Å²) in [6, 6.07) is 18.7. The molecule has 0 unspecified atom stereocenters. The van der Waals surface area contributed by atoms with Crippen LogP contribution in [0.5, 0.6) is 0 Å². The Labute approximate surface area is 132 Å². The summed E-state index contributed by atoms with van der Waals surface area (Å²) in [6.45, 7) is 1.93. The van der Waals surface area contributed by atoms with E-state index < -0.39 is 0 Å². The Morgan fingerprint density at radius 2 is 1.57 bits per heavy atom. The molecule has 2 aromatic carbocycles. The highest BCUT2D eigenvalue weighted by molar-refractivity contribution is 5.96. The second-order valence-corrected chi connectivity index (χ2v) is 5.47. The number of fused-ring (bicyclic) bond motifs is 1. The number of halogens is 1. The summed E-state index contributed by atoms with van der Waals surface area (Å²) >= 11 is 0. The van der Waals surface area contributed by atoms with E-state index in [-0.39, 0.29) is 5.82 Å². The van der Waals surface area contributed by atoms with Gasteiger partial charge in [-0.3, -0.25) is 5.10 Å². The fraction of sp³-hybridized carbons (Fsp3) is 0.0526. The topological polar surface area (TPSA) is 41.6 Å². The second kappa shape index (κ2) is 5.32. The second-order valence-electron chi connectivity index (χ2n) is 5.47. The molecule has 0 aliphatic heterocycles. The summed E-state index contributed by atoms with van der Waals surface area (Å²) in [4.78, 5) is 4.60. The fourth-order valence-corrected chi connectivity index (χ4v) is 2.75. The predicted octanol–water partition coefficient (Wildman–Crippen LogP) is 4.74. The molecular weight excluding hydrogens is 289 g/mol. The van der Waals surface area contributed by atoms with Crippen LogP contribution in [0.25, 0.3) is 33.4 Å². The van der Waals surface area contributed by atoms with Gasteiger partial charge in [-0.05, 0) is 13.0 Å². The molecular formula is C19H14FN3. The minimum absolute atomic E-state index is 0.303. The van der Waals surface area contributed by atoms with Crippen LogP contribution in [0.2, 0.25) is 0 Å². The number of hydrogen-bond acceptors (Lipinski definition) is 2. The predicted molar refractivity (Wildman–Crippen MR) is 89.5 cm³/mol. The molecule has 4 aromatic rings. The Hall–Kier alpha value is -3.01. The van der Waals surface area contributed by atoms with Gasteiger partial charge in [-0.25, -0.2) is 9.37 Å². The van der Waals surface area contributed by atoms with E-state index in [1.54, 1.807) is 6.07 Å². The number of benzene rings is 2. The zero-order valence-electron chi connectivity index (χ0n) is 12.5. The quantitative estimate of drug-likeness (QED) is 0.581. The van der Waals surface area contributed by atoms with Gasteiger partial charge in [-0.15, -0.1) is 0 Å². The number of hydrogen-bond donors (Lipinski definition) is 1. The van der Waals surface area contributed by atoms with Crippen LogP contribution in [0.3, 0.4) is 0 Å². The lowest BCUT2D eigenvalue weighted by Gasteiger charge is -2.10. The number of nitrogens with one attached hydrogen (secondary N) is 1. The smallest absolute Gasteiger partial charge is 0.157 e. The maximum atomic E-state index is 15.0. The molecule has 0 saturated carbocycles. The third kappa shape index (κ3) is 2.28. The molecule has 4 heteroatoms. The number of rotatable bonds is 2. The minimum atomic E-state index is -0.303. The molecule has 1 N–H and O–H groups in total. The van der Waals surface area contributed by atoms with Gasteiger partial charge in [0.1, 0.15) is 11.4 Å². The molecule has 2 aromatic heterocycles. The monoisotopic (exact) mass is 303 g/mol. The molecule has 4 rings (SSSR count). The van der Waals surface area contributed by atoms with Crippen molar-refractivity contribution >= 4 is 10.8 Å². The summed E-state index contributed by atoms with van der Waals surface area (Å²) in [5, 5.41) is 8.53. The summed E-state index contributed by atoms with van der Waals surface area (Å²) in [7, 11) is 0. The summed E-state index contributed by atoms with van der Waals surface area (Å²) < 4.78 is 15.0. The van der Waals surface area contributed by atoms with Gasteiger partial charge in [0.05, 0.1) is 5.69 Å². The van der Waals surface area contributed by atoms with Crippen molar-refractivity contribution < 1.29 is 4.39 Å². The Kier molecular flexibility index (Phi) is 3.15. The highest BCUT2D eigenvalue weighted by Crippen LogP contribution is 2.33. The zero-order chi connectivity index (χ0) is 15.8. The average molecular weight is 303 g/mol. The van der Waals surface area contributed by atoms with Crippen molar-refractivity contribution in [1.29, 1.82) is 0 Å².